The average molecular weight is 326 g/mol. The zero-order valence-corrected chi connectivity index (χ0v) is 13.3. The molecule has 2 N–H and O–H groups in total. The molecule has 0 unspecified atom stereocenters. The maximum atomic E-state index is 12.3. The van der Waals surface area contributed by atoms with Crippen LogP contribution in [0.1, 0.15) is 29.0 Å². The molecule has 116 valence electrons. The van der Waals surface area contributed by atoms with Crippen molar-refractivity contribution in [3.63, 3.8) is 0 Å². The zero-order valence-electron chi connectivity index (χ0n) is 12.6. The fraction of sp³-hybridized carbons (Fsp3) is 0.111. The van der Waals surface area contributed by atoms with Gasteiger partial charge in [-0.2, -0.15) is 5.10 Å². The summed E-state index contributed by atoms with van der Waals surface area (Å²) < 4.78 is 0. The Labute approximate surface area is 139 Å². The van der Waals surface area contributed by atoms with E-state index in [2.05, 4.69) is 15.5 Å². The Kier molecular flexibility index (Phi) is 4.44. The number of carbonyl (C=O) groups excluding carboxylic acids is 1. The van der Waals surface area contributed by atoms with E-state index in [1.807, 2.05) is 49.4 Å². The van der Waals surface area contributed by atoms with Crippen LogP contribution in [-0.2, 0) is 0 Å². The molecular weight excluding hydrogens is 310 g/mol. The first-order valence-corrected chi connectivity index (χ1v) is 7.68. The Morgan fingerprint density at radius 3 is 2.52 bits per heavy atom. The lowest BCUT2D eigenvalue weighted by molar-refractivity contribution is 0.0935. The van der Waals surface area contributed by atoms with Gasteiger partial charge in [0.25, 0.3) is 5.91 Å². The van der Waals surface area contributed by atoms with Crippen LogP contribution in [-0.4, -0.2) is 16.1 Å². The highest BCUT2D eigenvalue weighted by Gasteiger charge is 2.14. The van der Waals surface area contributed by atoms with Gasteiger partial charge >= 0.3 is 0 Å². The van der Waals surface area contributed by atoms with Crippen molar-refractivity contribution in [3.05, 3.63) is 76.9 Å². The zero-order chi connectivity index (χ0) is 16.2. The third kappa shape index (κ3) is 3.60. The van der Waals surface area contributed by atoms with Crippen molar-refractivity contribution < 1.29 is 4.79 Å². The van der Waals surface area contributed by atoms with Gasteiger partial charge in [0.05, 0.1) is 11.7 Å². The third-order valence-electron chi connectivity index (χ3n) is 3.61. The van der Waals surface area contributed by atoms with Crippen LogP contribution in [0.4, 0.5) is 0 Å². The fourth-order valence-corrected chi connectivity index (χ4v) is 2.43. The number of amides is 1. The van der Waals surface area contributed by atoms with Gasteiger partial charge in [0, 0.05) is 10.6 Å². The maximum absolute atomic E-state index is 12.3. The molecule has 0 aliphatic rings. The molecular formula is C18H16ClN3O. The molecule has 2 aromatic carbocycles. The van der Waals surface area contributed by atoms with Crippen LogP contribution in [0.5, 0.6) is 0 Å². The van der Waals surface area contributed by atoms with Crippen LogP contribution in [0.15, 0.2) is 60.7 Å². The summed E-state index contributed by atoms with van der Waals surface area (Å²) in [5.74, 6) is -0.186. The van der Waals surface area contributed by atoms with Crippen molar-refractivity contribution in [3.8, 4) is 11.3 Å². The van der Waals surface area contributed by atoms with Gasteiger partial charge < -0.3 is 5.32 Å². The van der Waals surface area contributed by atoms with E-state index in [1.54, 1.807) is 18.2 Å². The first-order chi connectivity index (χ1) is 11.1. The molecule has 1 atom stereocenters. The summed E-state index contributed by atoms with van der Waals surface area (Å²) in [6, 6.07) is 18.8. The molecule has 3 aromatic rings. The second-order valence-electron chi connectivity index (χ2n) is 5.28. The number of hydrogen-bond acceptors (Lipinski definition) is 2. The van der Waals surface area contributed by atoms with E-state index in [9.17, 15) is 4.79 Å². The van der Waals surface area contributed by atoms with E-state index in [0.717, 1.165) is 11.1 Å². The van der Waals surface area contributed by atoms with Crippen LogP contribution in [0.3, 0.4) is 0 Å². The first kappa shape index (κ1) is 15.3. The highest BCUT2D eigenvalue weighted by atomic mass is 35.5. The van der Waals surface area contributed by atoms with Gasteiger partial charge in [-0.25, -0.2) is 0 Å². The molecule has 1 amide bonds. The summed E-state index contributed by atoms with van der Waals surface area (Å²) in [5.41, 5.74) is 3.09. The molecule has 5 heteroatoms. The Morgan fingerprint density at radius 1 is 1.13 bits per heavy atom. The van der Waals surface area contributed by atoms with Crippen LogP contribution in [0.25, 0.3) is 11.3 Å². The van der Waals surface area contributed by atoms with E-state index in [1.165, 1.54) is 0 Å². The van der Waals surface area contributed by atoms with Crippen molar-refractivity contribution in [2.24, 2.45) is 0 Å². The number of carbonyl (C=O) groups is 1. The molecule has 23 heavy (non-hydrogen) atoms. The quantitative estimate of drug-likeness (QED) is 0.754. The van der Waals surface area contributed by atoms with Gasteiger partial charge in [0.1, 0.15) is 5.69 Å². The number of H-pyrrole nitrogens is 1. The number of nitrogens with zero attached hydrogens (tertiary/aromatic N) is 1. The summed E-state index contributed by atoms with van der Waals surface area (Å²) in [4.78, 5) is 12.3. The van der Waals surface area contributed by atoms with Gasteiger partial charge in [-0.3, -0.25) is 9.89 Å². The van der Waals surface area contributed by atoms with Crippen molar-refractivity contribution in [2.45, 2.75) is 13.0 Å². The van der Waals surface area contributed by atoms with Gasteiger partial charge in [0.15, 0.2) is 0 Å². The average Bonchev–Trinajstić information content (AvgIpc) is 3.06. The van der Waals surface area contributed by atoms with E-state index >= 15 is 0 Å². The molecule has 1 aromatic heterocycles. The minimum atomic E-state index is -0.186. The van der Waals surface area contributed by atoms with Crippen molar-refractivity contribution in [1.29, 1.82) is 0 Å². The lowest BCUT2D eigenvalue weighted by Crippen LogP contribution is -2.26. The molecule has 0 aliphatic carbocycles. The first-order valence-electron chi connectivity index (χ1n) is 7.30. The molecule has 0 aliphatic heterocycles. The lowest BCUT2D eigenvalue weighted by atomic mass is 10.1. The Balaban J connectivity index is 1.72. The lowest BCUT2D eigenvalue weighted by Gasteiger charge is -2.13. The Morgan fingerprint density at radius 2 is 1.83 bits per heavy atom. The highest BCUT2D eigenvalue weighted by molar-refractivity contribution is 6.30. The van der Waals surface area contributed by atoms with Crippen LogP contribution >= 0.6 is 11.6 Å². The van der Waals surface area contributed by atoms with E-state index in [0.29, 0.717) is 16.4 Å². The standard InChI is InChI=1S/C18H16ClN3O/c1-12(13-5-3-2-4-6-13)20-18(23)17-11-16(21-22-17)14-7-9-15(19)10-8-14/h2-12H,1H3,(H,20,23)(H,21,22)/t12-/m1/s1. The van der Waals surface area contributed by atoms with Crippen LogP contribution in [0, 0.1) is 0 Å². The summed E-state index contributed by atoms with van der Waals surface area (Å²) in [6.45, 7) is 1.95. The molecule has 0 saturated carbocycles. The van der Waals surface area contributed by atoms with E-state index in [4.69, 9.17) is 11.6 Å². The number of aromatic nitrogens is 2. The molecule has 0 radical (unpaired) electrons. The van der Waals surface area contributed by atoms with Crippen molar-refractivity contribution in [2.75, 3.05) is 0 Å². The van der Waals surface area contributed by atoms with Crippen molar-refractivity contribution in [1.82, 2.24) is 15.5 Å². The third-order valence-corrected chi connectivity index (χ3v) is 3.86. The molecule has 0 spiro atoms. The second kappa shape index (κ2) is 6.67. The summed E-state index contributed by atoms with van der Waals surface area (Å²) in [7, 11) is 0. The maximum Gasteiger partial charge on any atom is 0.269 e. The minimum Gasteiger partial charge on any atom is -0.344 e. The Bertz CT molecular complexity index is 797. The normalized spacial score (nSPS) is 11.9. The van der Waals surface area contributed by atoms with Gasteiger partial charge in [-0.05, 0) is 30.7 Å². The fourth-order valence-electron chi connectivity index (χ4n) is 2.31. The topological polar surface area (TPSA) is 57.8 Å². The molecule has 4 nitrogen and oxygen atoms in total. The molecule has 0 bridgehead atoms. The predicted molar refractivity (Wildman–Crippen MR) is 91.4 cm³/mol. The molecule has 0 fully saturated rings. The van der Waals surface area contributed by atoms with E-state index < -0.39 is 0 Å². The monoisotopic (exact) mass is 325 g/mol. The van der Waals surface area contributed by atoms with E-state index in [-0.39, 0.29) is 11.9 Å². The molecule has 3 rings (SSSR count). The second-order valence-corrected chi connectivity index (χ2v) is 5.72. The van der Waals surface area contributed by atoms with Crippen LogP contribution in [0.2, 0.25) is 5.02 Å². The number of rotatable bonds is 4. The summed E-state index contributed by atoms with van der Waals surface area (Å²) in [5, 5.41) is 10.6. The largest absolute Gasteiger partial charge is 0.344 e. The van der Waals surface area contributed by atoms with Gasteiger partial charge in [-0.15, -0.1) is 0 Å². The number of aromatic amines is 1. The predicted octanol–water partition coefficient (Wildman–Crippen LogP) is 4.22. The highest BCUT2D eigenvalue weighted by Crippen LogP contribution is 2.20. The number of hydrogen-bond donors (Lipinski definition) is 2. The van der Waals surface area contributed by atoms with Crippen molar-refractivity contribution >= 4 is 17.5 Å². The smallest absolute Gasteiger partial charge is 0.269 e. The summed E-state index contributed by atoms with van der Waals surface area (Å²) >= 11 is 5.88. The molecule has 1 heterocycles. The van der Waals surface area contributed by atoms with Gasteiger partial charge in [0.2, 0.25) is 0 Å². The minimum absolute atomic E-state index is 0.0778. The number of benzene rings is 2. The number of nitrogens with one attached hydrogen (secondary N) is 2. The number of halogens is 1. The Hall–Kier alpha value is -2.59. The summed E-state index contributed by atoms with van der Waals surface area (Å²) in [6.07, 6.45) is 0. The molecule has 0 saturated heterocycles. The SMILES string of the molecule is C[C@@H](NC(=O)c1cc(-c2ccc(Cl)cc2)n[nH]1)c1ccccc1. The van der Waals surface area contributed by atoms with Gasteiger partial charge in [-0.1, -0.05) is 54.1 Å². The van der Waals surface area contributed by atoms with Crippen LogP contribution < -0.4 is 5.32 Å².